The molecule has 2 amide bonds. The molecule has 1 aliphatic rings. The third kappa shape index (κ3) is 3.50. The fourth-order valence-corrected chi connectivity index (χ4v) is 2.40. The van der Waals surface area contributed by atoms with E-state index in [0.29, 0.717) is 19.7 Å². The summed E-state index contributed by atoms with van der Waals surface area (Å²) in [5, 5.41) is 0. The Kier molecular flexibility index (Phi) is 4.61. The maximum atomic E-state index is 11.8. The van der Waals surface area contributed by atoms with Crippen LogP contribution in [0.5, 0.6) is 5.75 Å². The number of ether oxygens (including phenoxy) is 1. The molecule has 0 spiro atoms. The maximum absolute atomic E-state index is 11.8. The van der Waals surface area contributed by atoms with Crippen LogP contribution in [0.15, 0.2) is 24.3 Å². The second-order valence-electron chi connectivity index (χ2n) is 4.97. The third-order valence-electron chi connectivity index (χ3n) is 3.50. The molecule has 1 fully saturated rings. The normalized spacial score (nSPS) is 18.4. The topological polar surface area (TPSA) is 72.6 Å². The first kappa shape index (κ1) is 14.4. The first-order chi connectivity index (χ1) is 9.60. The van der Waals surface area contributed by atoms with Crippen LogP contribution in [-0.2, 0) is 16.0 Å². The fraction of sp³-hybridized carbons (Fsp3) is 0.467. The average molecular weight is 276 g/mol. The Labute approximate surface area is 118 Å². The van der Waals surface area contributed by atoms with Crippen molar-refractivity contribution in [1.82, 2.24) is 4.90 Å². The van der Waals surface area contributed by atoms with Crippen molar-refractivity contribution in [3.8, 4) is 5.75 Å². The van der Waals surface area contributed by atoms with E-state index in [9.17, 15) is 9.59 Å². The molecule has 5 nitrogen and oxygen atoms in total. The summed E-state index contributed by atoms with van der Waals surface area (Å²) < 4.78 is 5.45. The van der Waals surface area contributed by atoms with Crippen LogP contribution in [-0.4, -0.2) is 36.4 Å². The molecule has 108 valence electrons. The molecule has 20 heavy (non-hydrogen) atoms. The van der Waals surface area contributed by atoms with Gasteiger partial charge in [-0.1, -0.05) is 12.1 Å². The van der Waals surface area contributed by atoms with E-state index in [2.05, 4.69) is 0 Å². The molecule has 5 heteroatoms. The summed E-state index contributed by atoms with van der Waals surface area (Å²) >= 11 is 0. The van der Waals surface area contributed by atoms with Crippen molar-refractivity contribution in [2.24, 2.45) is 11.7 Å². The lowest BCUT2D eigenvalue weighted by atomic mass is 10.1. The van der Waals surface area contributed by atoms with Gasteiger partial charge in [-0.3, -0.25) is 9.59 Å². The molecule has 0 aromatic heterocycles. The molecule has 1 saturated heterocycles. The van der Waals surface area contributed by atoms with Gasteiger partial charge in [-0.05, 0) is 31.0 Å². The van der Waals surface area contributed by atoms with Crippen LogP contribution in [0.4, 0.5) is 0 Å². The second-order valence-corrected chi connectivity index (χ2v) is 4.97. The lowest BCUT2D eigenvalue weighted by Crippen LogP contribution is -2.30. The zero-order chi connectivity index (χ0) is 14.5. The number of carbonyl (C=O) groups is 2. The van der Waals surface area contributed by atoms with Gasteiger partial charge in [-0.25, -0.2) is 0 Å². The standard InChI is InChI=1S/C15H20N2O3/c1-2-20-13-5-3-4-11(8-13)6-7-17-10-12(15(16)19)9-14(17)18/h3-5,8,12H,2,6-7,9-10H2,1H3,(H2,16,19). The Balaban J connectivity index is 1.90. The van der Waals surface area contributed by atoms with E-state index in [1.54, 1.807) is 4.90 Å². The molecule has 2 N–H and O–H groups in total. The minimum atomic E-state index is -0.390. The van der Waals surface area contributed by atoms with Gasteiger partial charge in [0.1, 0.15) is 5.75 Å². The van der Waals surface area contributed by atoms with E-state index in [4.69, 9.17) is 10.5 Å². The van der Waals surface area contributed by atoms with Crippen molar-refractivity contribution in [1.29, 1.82) is 0 Å². The second kappa shape index (κ2) is 6.41. The molecular weight excluding hydrogens is 256 g/mol. The summed E-state index contributed by atoms with van der Waals surface area (Å²) in [5.74, 6) is 0.124. The Morgan fingerprint density at radius 3 is 2.95 bits per heavy atom. The van der Waals surface area contributed by atoms with Crippen LogP contribution in [0, 0.1) is 5.92 Å². The lowest BCUT2D eigenvalue weighted by molar-refractivity contribution is -0.128. The van der Waals surface area contributed by atoms with Gasteiger partial charge in [0.2, 0.25) is 11.8 Å². The summed E-state index contributed by atoms with van der Waals surface area (Å²) in [7, 11) is 0. The van der Waals surface area contributed by atoms with Crippen LogP contribution in [0.1, 0.15) is 18.9 Å². The van der Waals surface area contributed by atoms with Crippen LogP contribution in [0.25, 0.3) is 0 Å². The van der Waals surface area contributed by atoms with E-state index < -0.39 is 0 Å². The summed E-state index contributed by atoms with van der Waals surface area (Å²) in [6, 6.07) is 7.85. The smallest absolute Gasteiger partial charge is 0.223 e. The van der Waals surface area contributed by atoms with Crippen LogP contribution in [0.3, 0.4) is 0 Å². The minimum Gasteiger partial charge on any atom is -0.494 e. The third-order valence-corrected chi connectivity index (χ3v) is 3.50. The van der Waals surface area contributed by atoms with Gasteiger partial charge in [0.15, 0.2) is 0 Å². The molecule has 1 aromatic carbocycles. The van der Waals surface area contributed by atoms with Crippen LogP contribution in [0.2, 0.25) is 0 Å². The monoisotopic (exact) mass is 276 g/mol. The Bertz CT molecular complexity index is 502. The maximum Gasteiger partial charge on any atom is 0.223 e. The molecule has 0 radical (unpaired) electrons. The number of benzene rings is 1. The van der Waals surface area contributed by atoms with E-state index in [0.717, 1.165) is 17.7 Å². The number of amides is 2. The quantitative estimate of drug-likeness (QED) is 0.841. The summed E-state index contributed by atoms with van der Waals surface area (Å²) in [6.45, 7) is 3.63. The van der Waals surface area contributed by atoms with Crippen molar-refractivity contribution < 1.29 is 14.3 Å². The Morgan fingerprint density at radius 2 is 2.30 bits per heavy atom. The van der Waals surface area contributed by atoms with Gasteiger partial charge < -0.3 is 15.4 Å². The SMILES string of the molecule is CCOc1cccc(CCN2CC(C(N)=O)CC2=O)c1. The van der Waals surface area contributed by atoms with Crippen molar-refractivity contribution in [3.63, 3.8) is 0 Å². The largest absolute Gasteiger partial charge is 0.494 e. The molecule has 1 atom stereocenters. The molecule has 1 unspecified atom stereocenters. The van der Waals surface area contributed by atoms with Gasteiger partial charge in [-0.15, -0.1) is 0 Å². The van der Waals surface area contributed by atoms with E-state index in [1.807, 2.05) is 31.2 Å². The molecule has 0 aliphatic carbocycles. The van der Waals surface area contributed by atoms with Gasteiger partial charge in [0.25, 0.3) is 0 Å². The summed E-state index contributed by atoms with van der Waals surface area (Å²) in [6.07, 6.45) is 0.993. The molecule has 0 bridgehead atoms. The number of carbonyl (C=O) groups excluding carboxylic acids is 2. The highest BCUT2D eigenvalue weighted by atomic mass is 16.5. The van der Waals surface area contributed by atoms with Gasteiger partial charge in [0.05, 0.1) is 12.5 Å². The minimum absolute atomic E-state index is 0.00904. The molecule has 2 rings (SSSR count). The van der Waals surface area contributed by atoms with E-state index in [-0.39, 0.29) is 24.2 Å². The molecule has 1 aromatic rings. The number of rotatable bonds is 6. The zero-order valence-electron chi connectivity index (χ0n) is 11.7. The summed E-state index contributed by atoms with van der Waals surface area (Å²) in [5.41, 5.74) is 6.37. The zero-order valence-corrected chi connectivity index (χ0v) is 11.7. The predicted molar refractivity (Wildman–Crippen MR) is 75.2 cm³/mol. The van der Waals surface area contributed by atoms with Crippen molar-refractivity contribution in [3.05, 3.63) is 29.8 Å². The van der Waals surface area contributed by atoms with E-state index >= 15 is 0 Å². The van der Waals surface area contributed by atoms with Gasteiger partial charge >= 0.3 is 0 Å². The van der Waals surface area contributed by atoms with Gasteiger partial charge in [0, 0.05) is 19.5 Å². The number of nitrogens with zero attached hydrogens (tertiary/aromatic N) is 1. The number of hydrogen-bond donors (Lipinski definition) is 1. The number of likely N-dealkylation sites (tertiary alicyclic amines) is 1. The van der Waals surface area contributed by atoms with Crippen molar-refractivity contribution >= 4 is 11.8 Å². The first-order valence-electron chi connectivity index (χ1n) is 6.89. The highest BCUT2D eigenvalue weighted by Gasteiger charge is 2.32. The fourth-order valence-electron chi connectivity index (χ4n) is 2.40. The highest BCUT2D eigenvalue weighted by Crippen LogP contribution is 2.19. The first-order valence-corrected chi connectivity index (χ1v) is 6.89. The summed E-state index contributed by atoms with van der Waals surface area (Å²) in [4.78, 5) is 24.6. The van der Waals surface area contributed by atoms with Crippen LogP contribution < -0.4 is 10.5 Å². The number of nitrogens with two attached hydrogens (primary N) is 1. The Morgan fingerprint density at radius 1 is 1.50 bits per heavy atom. The molecule has 1 heterocycles. The average Bonchev–Trinajstić information content (AvgIpc) is 2.79. The van der Waals surface area contributed by atoms with Crippen LogP contribution >= 0.6 is 0 Å². The highest BCUT2D eigenvalue weighted by molar-refractivity contribution is 5.88. The van der Waals surface area contributed by atoms with Gasteiger partial charge in [-0.2, -0.15) is 0 Å². The molecule has 1 aliphatic heterocycles. The number of primary amides is 1. The molecular formula is C15H20N2O3. The van der Waals surface area contributed by atoms with Crippen molar-refractivity contribution in [2.75, 3.05) is 19.7 Å². The lowest BCUT2D eigenvalue weighted by Gasteiger charge is -2.16. The predicted octanol–water partition coefficient (Wildman–Crippen LogP) is 0.962. The van der Waals surface area contributed by atoms with Crippen molar-refractivity contribution in [2.45, 2.75) is 19.8 Å². The number of hydrogen-bond acceptors (Lipinski definition) is 3. The Hall–Kier alpha value is -2.04. The molecule has 0 saturated carbocycles. The van der Waals surface area contributed by atoms with E-state index in [1.165, 1.54) is 0 Å².